The molecule has 1 rings (SSSR count). The van der Waals surface area contributed by atoms with Gasteiger partial charge in [0, 0.05) is 10.6 Å². The quantitative estimate of drug-likeness (QED) is 0.438. The molecule has 1 atom stereocenters. The summed E-state index contributed by atoms with van der Waals surface area (Å²) in [6.45, 7) is 0. The minimum absolute atomic E-state index is 0.263. The summed E-state index contributed by atoms with van der Waals surface area (Å²) in [7, 11) is -6.35. The highest BCUT2D eigenvalue weighted by Crippen LogP contribution is 2.86. The molecule has 1 nitrogen and oxygen atoms in total. The highest BCUT2D eigenvalue weighted by molar-refractivity contribution is 9.58. The van der Waals surface area contributed by atoms with Crippen LogP contribution in [0.2, 0.25) is 0 Å². The highest BCUT2D eigenvalue weighted by atomic mass is 79.9. The van der Waals surface area contributed by atoms with E-state index in [0.29, 0.717) is 12.1 Å². The Labute approximate surface area is 131 Å². The van der Waals surface area contributed by atoms with Gasteiger partial charge in [0.1, 0.15) is 0 Å². The minimum atomic E-state index is -6.90. The van der Waals surface area contributed by atoms with E-state index in [-0.39, 0.29) is 6.07 Å². The van der Waals surface area contributed by atoms with Crippen LogP contribution in [0.3, 0.4) is 0 Å². The number of nitrogens with two attached hydrogens (primary N) is 1. The first kappa shape index (κ1) is 20.2. The molecule has 0 spiro atoms. The number of hydrogen-bond acceptors (Lipinski definition) is 1. The first-order chi connectivity index (χ1) is 10.0. The van der Waals surface area contributed by atoms with Crippen molar-refractivity contribution in [1.29, 1.82) is 0 Å². The van der Waals surface area contributed by atoms with Crippen LogP contribution in [0.5, 0.6) is 0 Å². The van der Waals surface area contributed by atoms with E-state index < -0.39 is 41.9 Å². The van der Waals surface area contributed by atoms with E-state index in [9.17, 15) is 43.9 Å². The third kappa shape index (κ3) is 2.85. The van der Waals surface area contributed by atoms with Gasteiger partial charge in [0.25, 0.3) is 0 Å². The van der Waals surface area contributed by atoms with Gasteiger partial charge >= 0.3 is 22.9 Å². The lowest BCUT2D eigenvalue weighted by Crippen LogP contribution is -2.57. The zero-order valence-electron chi connectivity index (χ0n) is 10.5. The standard InChI is InChI=1S/C10H6BrF10NS/c11-23(10(19,20)21,6-4-2-1-3-5(6)22)7(12,8(13,14)15)9(16,17)18/h1-4H,22H2. The summed E-state index contributed by atoms with van der Waals surface area (Å²) >= 11 is 1.42. The van der Waals surface area contributed by atoms with Crippen molar-refractivity contribution in [2.24, 2.45) is 0 Å². The third-order valence-electron chi connectivity index (χ3n) is 2.66. The maximum Gasteiger partial charge on any atom is 0.441 e. The van der Waals surface area contributed by atoms with Crippen LogP contribution < -0.4 is 5.73 Å². The molecule has 0 fully saturated rings. The number of alkyl halides is 10. The van der Waals surface area contributed by atoms with E-state index in [1.165, 1.54) is 14.8 Å². The van der Waals surface area contributed by atoms with Crippen LogP contribution in [-0.2, 0) is 0 Å². The van der Waals surface area contributed by atoms with E-state index in [1.54, 1.807) is 0 Å². The Hall–Kier alpha value is -0.850. The van der Waals surface area contributed by atoms with Gasteiger partial charge in [-0.05, 0) is 35.4 Å². The molecule has 0 saturated heterocycles. The first-order valence-electron chi connectivity index (χ1n) is 5.27. The molecule has 1 aromatic rings. The van der Waals surface area contributed by atoms with Crippen LogP contribution in [0.1, 0.15) is 0 Å². The number of hydrogen-bond donors (Lipinski definition) is 1. The molecular weight excluding hydrogens is 436 g/mol. The number of para-hydroxylation sites is 1. The summed E-state index contributed by atoms with van der Waals surface area (Å²) in [5.74, 6) is 0. The number of anilines is 1. The van der Waals surface area contributed by atoms with Gasteiger partial charge in [-0.2, -0.15) is 39.5 Å². The summed E-state index contributed by atoms with van der Waals surface area (Å²) in [5.41, 5.74) is -2.23. The first-order valence-corrected chi connectivity index (χ1v) is 8.75. The Morgan fingerprint density at radius 3 is 1.48 bits per heavy atom. The van der Waals surface area contributed by atoms with Gasteiger partial charge in [0.15, 0.2) is 0 Å². The largest absolute Gasteiger partial charge is 0.441 e. The van der Waals surface area contributed by atoms with Crippen molar-refractivity contribution in [2.75, 3.05) is 5.73 Å². The molecule has 0 heterocycles. The van der Waals surface area contributed by atoms with Crippen molar-refractivity contribution >= 4 is 29.0 Å². The summed E-state index contributed by atoms with van der Waals surface area (Å²) in [4.78, 5) is -1.66. The van der Waals surface area contributed by atoms with Gasteiger partial charge in [-0.15, -0.1) is 0 Å². The summed E-state index contributed by atoms with van der Waals surface area (Å²) in [5, 5.41) is -6.60. The molecular formula is C10H6BrF10NS. The average molecular weight is 442 g/mol. The summed E-state index contributed by atoms with van der Waals surface area (Å²) < 4.78 is 131. The maximum absolute atomic E-state index is 14.2. The van der Waals surface area contributed by atoms with Crippen LogP contribution >= 0.6 is 23.3 Å². The zero-order chi connectivity index (χ0) is 18.5. The van der Waals surface area contributed by atoms with Gasteiger partial charge in [-0.1, -0.05) is 12.1 Å². The fourth-order valence-electron chi connectivity index (χ4n) is 1.65. The Kier molecular flexibility index (Phi) is 4.92. The van der Waals surface area contributed by atoms with E-state index in [2.05, 4.69) is 0 Å². The van der Waals surface area contributed by atoms with Crippen LogP contribution in [-0.4, -0.2) is 22.9 Å². The molecule has 1 unspecified atom stereocenters. The summed E-state index contributed by atoms with van der Waals surface area (Å²) in [6, 6.07) is 2.59. The Morgan fingerprint density at radius 1 is 0.783 bits per heavy atom. The Morgan fingerprint density at radius 2 is 1.17 bits per heavy atom. The van der Waals surface area contributed by atoms with Gasteiger partial charge in [0.2, 0.25) is 0 Å². The molecule has 0 aliphatic carbocycles. The van der Waals surface area contributed by atoms with Crippen molar-refractivity contribution in [1.82, 2.24) is 0 Å². The predicted octanol–water partition coefficient (Wildman–Crippen LogP) is 6.05. The predicted molar refractivity (Wildman–Crippen MR) is 67.6 cm³/mol. The van der Waals surface area contributed by atoms with Gasteiger partial charge in [0.05, 0.1) is 0 Å². The minimum Gasteiger partial charge on any atom is -0.398 e. The topological polar surface area (TPSA) is 26.0 Å². The smallest absolute Gasteiger partial charge is 0.398 e. The molecule has 0 bridgehead atoms. The van der Waals surface area contributed by atoms with Crippen molar-refractivity contribution < 1.29 is 43.9 Å². The lowest BCUT2D eigenvalue weighted by Gasteiger charge is -2.47. The van der Waals surface area contributed by atoms with E-state index in [1.807, 2.05) is 0 Å². The number of halogens is 11. The van der Waals surface area contributed by atoms with Crippen molar-refractivity contribution in [3.8, 4) is 0 Å². The van der Waals surface area contributed by atoms with Crippen LogP contribution in [0.4, 0.5) is 49.6 Å². The lowest BCUT2D eigenvalue weighted by atomic mass is 10.3. The molecule has 0 aliphatic heterocycles. The van der Waals surface area contributed by atoms with Gasteiger partial charge in [-0.3, -0.25) is 0 Å². The lowest BCUT2D eigenvalue weighted by molar-refractivity contribution is -0.306. The third-order valence-corrected chi connectivity index (χ3v) is 9.00. The SMILES string of the molecule is Nc1ccccc1S(Br)(C(F)(F)F)C(F)(C(F)(F)F)C(F)(F)F. The maximum atomic E-state index is 14.2. The molecule has 1 aromatic carbocycles. The second-order valence-corrected chi connectivity index (χ2v) is 9.57. The van der Waals surface area contributed by atoms with Crippen molar-refractivity contribution in [2.45, 2.75) is 27.8 Å². The number of benzene rings is 1. The molecule has 0 aromatic heterocycles. The number of nitrogen functional groups attached to an aromatic ring is 1. The van der Waals surface area contributed by atoms with E-state index in [0.717, 1.165) is 6.07 Å². The molecule has 23 heavy (non-hydrogen) atoms. The van der Waals surface area contributed by atoms with Gasteiger partial charge in [-0.25, -0.2) is 4.39 Å². The van der Waals surface area contributed by atoms with Crippen molar-refractivity contribution in [3.63, 3.8) is 0 Å². The normalized spacial score (nSPS) is 18.4. The molecule has 0 amide bonds. The highest BCUT2D eigenvalue weighted by Gasteiger charge is 2.85. The fourth-order valence-corrected chi connectivity index (χ4v) is 5.81. The van der Waals surface area contributed by atoms with Gasteiger partial charge < -0.3 is 5.73 Å². The van der Waals surface area contributed by atoms with Crippen LogP contribution in [0.15, 0.2) is 29.2 Å². The zero-order valence-corrected chi connectivity index (χ0v) is 12.9. The number of rotatable bonds is 2. The molecule has 13 heteroatoms. The molecule has 0 radical (unpaired) electrons. The molecule has 0 saturated carbocycles. The monoisotopic (exact) mass is 441 g/mol. The van der Waals surface area contributed by atoms with Crippen LogP contribution in [0, 0.1) is 0 Å². The molecule has 0 aliphatic rings. The van der Waals surface area contributed by atoms with E-state index in [4.69, 9.17) is 5.73 Å². The van der Waals surface area contributed by atoms with Crippen molar-refractivity contribution in [3.05, 3.63) is 24.3 Å². The summed E-state index contributed by atoms with van der Waals surface area (Å²) in [6.07, 6.45) is -13.8. The second-order valence-electron chi connectivity index (χ2n) is 4.11. The Bertz CT molecular complexity index is 566. The average Bonchev–Trinajstić information content (AvgIpc) is 2.33. The van der Waals surface area contributed by atoms with Crippen LogP contribution in [0.25, 0.3) is 0 Å². The van der Waals surface area contributed by atoms with E-state index >= 15 is 0 Å². The fraction of sp³-hybridized carbons (Fsp3) is 0.400. The molecule has 134 valence electrons. The Balaban J connectivity index is 3.96. The second kappa shape index (κ2) is 5.60. The molecule has 2 N–H and O–H groups in total.